The van der Waals surface area contributed by atoms with Crippen molar-refractivity contribution >= 4 is 45.0 Å². The topological polar surface area (TPSA) is 57.4 Å². The van der Waals surface area contributed by atoms with Gasteiger partial charge in [0.15, 0.2) is 5.82 Å². The zero-order valence-electron chi connectivity index (χ0n) is 17.3. The highest BCUT2D eigenvalue weighted by Crippen LogP contribution is 2.42. The smallest absolute Gasteiger partial charge is 0.240 e. The number of nitrogens with zero attached hydrogens (tertiary/aromatic N) is 2. The second-order valence-electron chi connectivity index (χ2n) is 9.35. The minimum Gasteiger partial charge on any atom is -0.275 e. The maximum absolute atomic E-state index is 14.6. The van der Waals surface area contributed by atoms with E-state index >= 15 is 0 Å². The molecule has 0 radical (unpaired) electrons. The molecule has 0 unspecified atom stereocenters. The minimum absolute atomic E-state index is 0.0219. The highest BCUT2D eigenvalue weighted by atomic mass is 35.5. The Morgan fingerprint density at radius 3 is 2.33 bits per heavy atom. The summed E-state index contributed by atoms with van der Waals surface area (Å²) in [5, 5.41) is 14.9. The van der Waals surface area contributed by atoms with Gasteiger partial charge in [-0.3, -0.25) is 10.2 Å². The van der Waals surface area contributed by atoms with E-state index in [0.29, 0.717) is 33.3 Å². The number of halogens is 4. The second-order valence-corrected chi connectivity index (χ2v) is 10.2. The third-order valence-corrected chi connectivity index (χ3v) is 6.15. The van der Waals surface area contributed by atoms with Crippen LogP contribution >= 0.6 is 23.2 Å². The van der Waals surface area contributed by atoms with Crippen molar-refractivity contribution in [3.63, 3.8) is 0 Å². The maximum Gasteiger partial charge on any atom is 0.240 e. The predicted molar refractivity (Wildman–Crippen MR) is 118 cm³/mol. The van der Waals surface area contributed by atoms with Gasteiger partial charge in [-0.1, -0.05) is 57.8 Å². The first-order valence-corrected chi connectivity index (χ1v) is 10.3. The van der Waals surface area contributed by atoms with E-state index in [0.717, 1.165) is 11.1 Å². The Bertz CT molecular complexity index is 1280. The van der Waals surface area contributed by atoms with Crippen LogP contribution in [0.2, 0.25) is 10.0 Å². The normalized spacial score (nSPS) is 13.0. The number of aromatic amines is 2. The van der Waals surface area contributed by atoms with Gasteiger partial charge in [0.05, 0.1) is 22.1 Å². The standard InChI is InChI=1S/C22H22Cl2F2N4/c1-21(2,3)16-13(23)6-10(18-15(16)20(26)30-29-18)8-22(4,5)12-7-14(24)17(25)19-11(12)9-27-28-19/h6-7,9H,8H2,1-5H3,(H,27,28)(H,29,30). The van der Waals surface area contributed by atoms with Crippen molar-refractivity contribution in [3.05, 3.63) is 56.8 Å². The summed E-state index contributed by atoms with van der Waals surface area (Å²) in [6, 6.07) is 3.49. The molecule has 0 spiro atoms. The number of hydrogen-bond donors (Lipinski definition) is 2. The number of H-pyrrole nitrogens is 2. The number of fused-ring (bicyclic) bond motifs is 2. The zero-order chi connectivity index (χ0) is 22.0. The van der Waals surface area contributed by atoms with Crippen molar-refractivity contribution in [2.45, 2.75) is 51.9 Å². The SMILES string of the molecule is CC(C)(C)c1c(Cl)cc(CC(C)(C)c2cc(Cl)c(F)c3[nH]ncc23)c2[nH]nc(F)c12. The molecule has 0 bridgehead atoms. The van der Waals surface area contributed by atoms with Crippen LogP contribution in [-0.2, 0) is 17.3 Å². The van der Waals surface area contributed by atoms with Crippen LogP contribution in [0.3, 0.4) is 0 Å². The number of nitrogens with one attached hydrogen (secondary N) is 2. The summed E-state index contributed by atoms with van der Waals surface area (Å²) in [6.45, 7) is 10.00. The van der Waals surface area contributed by atoms with Crippen molar-refractivity contribution in [1.82, 2.24) is 20.4 Å². The molecular weight excluding hydrogens is 429 g/mol. The molecule has 158 valence electrons. The third-order valence-electron chi connectivity index (χ3n) is 5.57. The van der Waals surface area contributed by atoms with E-state index in [-0.39, 0.29) is 16.0 Å². The molecule has 2 aromatic carbocycles. The predicted octanol–water partition coefficient (Wildman–Crippen LogP) is 6.84. The van der Waals surface area contributed by atoms with E-state index in [9.17, 15) is 8.78 Å². The van der Waals surface area contributed by atoms with Gasteiger partial charge >= 0.3 is 0 Å². The van der Waals surface area contributed by atoms with Crippen LogP contribution < -0.4 is 0 Å². The first-order valence-electron chi connectivity index (χ1n) is 9.59. The lowest BCUT2D eigenvalue weighted by atomic mass is 9.76. The average Bonchev–Trinajstić information content (AvgIpc) is 3.24. The summed E-state index contributed by atoms with van der Waals surface area (Å²) < 4.78 is 29.0. The molecule has 4 aromatic rings. The number of aromatic nitrogens is 4. The summed E-state index contributed by atoms with van der Waals surface area (Å²) in [5.74, 6) is -1.10. The van der Waals surface area contributed by atoms with Gasteiger partial charge < -0.3 is 0 Å². The van der Waals surface area contributed by atoms with Gasteiger partial charge in [0.25, 0.3) is 0 Å². The summed E-state index contributed by atoms with van der Waals surface area (Å²) in [7, 11) is 0. The summed E-state index contributed by atoms with van der Waals surface area (Å²) in [5.41, 5.74) is 2.41. The van der Waals surface area contributed by atoms with Crippen molar-refractivity contribution in [1.29, 1.82) is 0 Å². The van der Waals surface area contributed by atoms with E-state index in [1.165, 1.54) is 0 Å². The summed E-state index contributed by atoms with van der Waals surface area (Å²) in [6.07, 6.45) is 2.09. The Kier molecular flexibility index (Phi) is 4.86. The van der Waals surface area contributed by atoms with E-state index in [1.807, 2.05) is 40.7 Å². The third kappa shape index (κ3) is 3.26. The van der Waals surface area contributed by atoms with Crippen LogP contribution in [0.15, 0.2) is 18.3 Å². The molecule has 2 N–H and O–H groups in total. The molecule has 2 heterocycles. The number of benzene rings is 2. The number of rotatable bonds is 3. The minimum atomic E-state index is -0.571. The Hall–Kier alpha value is -2.18. The Labute approximate surface area is 183 Å². The molecule has 0 aliphatic heterocycles. The van der Waals surface area contributed by atoms with Gasteiger partial charge in [0.2, 0.25) is 5.95 Å². The fourth-order valence-electron chi connectivity index (χ4n) is 4.25. The molecule has 2 aromatic heterocycles. The molecule has 0 fully saturated rings. The van der Waals surface area contributed by atoms with Gasteiger partial charge in [0.1, 0.15) is 5.52 Å². The molecule has 8 heteroatoms. The van der Waals surface area contributed by atoms with Crippen LogP contribution in [0.5, 0.6) is 0 Å². The molecule has 0 saturated carbocycles. The molecule has 0 saturated heterocycles. The first kappa shape index (κ1) is 21.1. The molecule has 0 atom stereocenters. The van der Waals surface area contributed by atoms with Gasteiger partial charge in [-0.15, -0.1) is 5.10 Å². The fourth-order valence-corrected chi connectivity index (χ4v) is 4.96. The van der Waals surface area contributed by atoms with Crippen LogP contribution in [0.1, 0.15) is 51.3 Å². The van der Waals surface area contributed by atoms with Gasteiger partial charge in [-0.2, -0.15) is 9.49 Å². The molecule has 4 rings (SSSR count). The monoisotopic (exact) mass is 450 g/mol. The summed E-state index contributed by atoms with van der Waals surface area (Å²) >= 11 is 12.8. The van der Waals surface area contributed by atoms with Crippen LogP contribution in [0.25, 0.3) is 21.8 Å². The van der Waals surface area contributed by atoms with E-state index in [2.05, 4.69) is 20.4 Å². The fraction of sp³-hybridized carbons (Fsp3) is 0.364. The highest BCUT2D eigenvalue weighted by molar-refractivity contribution is 6.32. The van der Waals surface area contributed by atoms with Crippen molar-refractivity contribution in [3.8, 4) is 0 Å². The highest BCUT2D eigenvalue weighted by Gasteiger charge is 2.31. The van der Waals surface area contributed by atoms with E-state index in [4.69, 9.17) is 23.2 Å². The quantitative estimate of drug-likeness (QED) is 0.358. The Morgan fingerprint density at radius 1 is 0.967 bits per heavy atom. The second kappa shape index (κ2) is 6.92. The Morgan fingerprint density at radius 2 is 1.67 bits per heavy atom. The van der Waals surface area contributed by atoms with Gasteiger partial charge in [0, 0.05) is 10.4 Å². The van der Waals surface area contributed by atoms with Crippen molar-refractivity contribution in [2.24, 2.45) is 0 Å². The van der Waals surface area contributed by atoms with E-state index < -0.39 is 17.2 Å². The molecule has 0 aliphatic rings. The molecule has 4 nitrogen and oxygen atoms in total. The van der Waals surface area contributed by atoms with Crippen LogP contribution in [0, 0.1) is 11.8 Å². The maximum atomic E-state index is 14.6. The van der Waals surface area contributed by atoms with E-state index in [1.54, 1.807) is 12.3 Å². The lowest BCUT2D eigenvalue weighted by molar-refractivity contribution is 0.527. The largest absolute Gasteiger partial charge is 0.275 e. The van der Waals surface area contributed by atoms with Gasteiger partial charge in [-0.25, -0.2) is 4.39 Å². The first-order chi connectivity index (χ1) is 13.9. The van der Waals surface area contributed by atoms with Crippen LogP contribution in [0.4, 0.5) is 8.78 Å². The molecule has 0 amide bonds. The Balaban J connectivity index is 1.90. The molecular formula is C22H22Cl2F2N4. The van der Waals surface area contributed by atoms with Crippen LogP contribution in [-0.4, -0.2) is 20.4 Å². The van der Waals surface area contributed by atoms with Gasteiger partial charge in [-0.05, 0) is 46.1 Å². The van der Waals surface area contributed by atoms with Crippen molar-refractivity contribution < 1.29 is 8.78 Å². The average molecular weight is 451 g/mol. The zero-order valence-corrected chi connectivity index (χ0v) is 18.9. The number of hydrogen-bond acceptors (Lipinski definition) is 2. The lowest BCUT2D eigenvalue weighted by Gasteiger charge is -2.28. The lowest BCUT2D eigenvalue weighted by Crippen LogP contribution is -2.22. The molecule has 0 aliphatic carbocycles. The van der Waals surface area contributed by atoms with Crippen molar-refractivity contribution in [2.75, 3.05) is 0 Å². The summed E-state index contributed by atoms with van der Waals surface area (Å²) in [4.78, 5) is 0. The molecule has 30 heavy (non-hydrogen) atoms.